The van der Waals surface area contributed by atoms with Gasteiger partial charge in [0.2, 0.25) is 0 Å². The van der Waals surface area contributed by atoms with Crippen molar-refractivity contribution in [3.05, 3.63) is 35.4 Å². The Labute approximate surface area is 144 Å². The van der Waals surface area contributed by atoms with Gasteiger partial charge in [-0.25, -0.2) is 0 Å². The Morgan fingerprint density at radius 2 is 1.08 bits per heavy atom. The second-order valence-corrected chi connectivity index (χ2v) is 7.56. The van der Waals surface area contributed by atoms with Crippen LogP contribution in [0.5, 0.6) is 0 Å². The minimum atomic E-state index is 0.0460. The van der Waals surface area contributed by atoms with Gasteiger partial charge < -0.3 is 9.80 Å². The second-order valence-electron chi connectivity index (χ2n) is 7.56. The molecule has 2 saturated heterocycles. The topological polar surface area (TPSA) is 40.6 Å². The van der Waals surface area contributed by atoms with Gasteiger partial charge in [-0.2, -0.15) is 0 Å². The summed E-state index contributed by atoms with van der Waals surface area (Å²) in [6, 6.07) is 8.34. The van der Waals surface area contributed by atoms with Gasteiger partial charge in [-0.3, -0.25) is 9.59 Å². The Morgan fingerprint density at radius 3 is 1.42 bits per heavy atom. The molecule has 1 aromatic rings. The molecule has 2 fully saturated rings. The van der Waals surface area contributed by atoms with Crippen molar-refractivity contribution < 1.29 is 9.59 Å². The Balaban J connectivity index is 1.84. The Morgan fingerprint density at radius 1 is 0.750 bits per heavy atom. The van der Waals surface area contributed by atoms with Gasteiger partial charge in [0.25, 0.3) is 11.8 Å². The minimum absolute atomic E-state index is 0.0460. The molecule has 2 aliphatic rings. The first-order valence-electron chi connectivity index (χ1n) is 9.15. The first-order chi connectivity index (χ1) is 11.4. The van der Waals surface area contributed by atoms with E-state index < -0.39 is 0 Å². The zero-order chi connectivity index (χ0) is 17.4. The molecule has 24 heavy (non-hydrogen) atoms. The summed E-state index contributed by atoms with van der Waals surface area (Å²) < 4.78 is 0. The van der Waals surface area contributed by atoms with Crippen LogP contribution in [0.25, 0.3) is 0 Å². The van der Waals surface area contributed by atoms with Crippen molar-refractivity contribution in [3.8, 4) is 0 Å². The van der Waals surface area contributed by atoms with Crippen LogP contribution in [0.2, 0.25) is 0 Å². The number of hydrogen-bond donors (Lipinski definition) is 0. The zero-order valence-corrected chi connectivity index (χ0v) is 15.2. The fourth-order valence-corrected chi connectivity index (χ4v) is 4.27. The highest BCUT2D eigenvalue weighted by molar-refractivity contribution is 6.00. The van der Waals surface area contributed by atoms with Crippen molar-refractivity contribution >= 4 is 11.8 Å². The summed E-state index contributed by atoms with van der Waals surface area (Å²) in [5.74, 6) is 0.0920. The standard InChI is InChI=1S/C20H28N2O2/c1-13-8-9-14(2)21(13)19(23)17-6-5-7-18(12-17)20(24)22-15(3)10-11-16(22)4/h5-7,12-16H,8-11H2,1-4H3. The molecule has 3 rings (SSSR count). The van der Waals surface area contributed by atoms with Crippen molar-refractivity contribution in [2.45, 2.75) is 77.5 Å². The highest BCUT2D eigenvalue weighted by atomic mass is 16.2. The van der Waals surface area contributed by atoms with Crippen LogP contribution in [0.15, 0.2) is 24.3 Å². The van der Waals surface area contributed by atoms with E-state index in [4.69, 9.17) is 0 Å². The molecular weight excluding hydrogens is 300 g/mol. The zero-order valence-electron chi connectivity index (χ0n) is 15.2. The quantitative estimate of drug-likeness (QED) is 0.830. The summed E-state index contributed by atoms with van der Waals surface area (Å²) in [6.45, 7) is 8.40. The van der Waals surface area contributed by atoms with E-state index in [0.717, 1.165) is 25.7 Å². The van der Waals surface area contributed by atoms with Crippen LogP contribution < -0.4 is 0 Å². The van der Waals surface area contributed by atoms with Crippen molar-refractivity contribution in [1.29, 1.82) is 0 Å². The summed E-state index contributed by atoms with van der Waals surface area (Å²) in [7, 11) is 0. The van der Waals surface area contributed by atoms with E-state index in [1.54, 1.807) is 6.07 Å². The lowest BCUT2D eigenvalue weighted by Gasteiger charge is -2.28. The molecule has 130 valence electrons. The molecule has 2 amide bonds. The van der Waals surface area contributed by atoms with E-state index in [9.17, 15) is 9.59 Å². The number of carbonyl (C=O) groups is 2. The summed E-state index contributed by atoms with van der Waals surface area (Å²) in [4.78, 5) is 29.7. The second kappa shape index (κ2) is 6.58. The van der Waals surface area contributed by atoms with E-state index in [1.165, 1.54) is 0 Å². The summed E-state index contributed by atoms with van der Waals surface area (Å²) in [5.41, 5.74) is 1.25. The van der Waals surface area contributed by atoms with Gasteiger partial charge >= 0.3 is 0 Å². The SMILES string of the molecule is CC1CCC(C)N1C(=O)c1cccc(C(=O)N2C(C)CCC2C)c1. The lowest BCUT2D eigenvalue weighted by atomic mass is 10.1. The number of carbonyl (C=O) groups excluding carboxylic acids is 2. The molecule has 0 aromatic heterocycles. The van der Waals surface area contributed by atoms with Crippen molar-refractivity contribution in [2.24, 2.45) is 0 Å². The molecule has 0 spiro atoms. The van der Waals surface area contributed by atoms with Gasteiger partial charge in [0, 0.05) is 35.3 Å². The third-order valence-corrected chi connectivity index (χ3v) is 5.73. The number of rotatable bonds is 2. The monoisotopic (exact) mass is 328 g/mol. The summed E-state index contributed by atoms with van der Waals surface area (Å²) >= 11 is 0. The molecule has 2 aliphatic heterocycles. The number of benzene rings is 1. The van der Waals surface area contributed by atoms with E-state index in [0.29, 0.717) is 11.1 Å². The first-order valence-corrected chi connectivity index (χ1v) is 9.15. The smallest absolute Gasteiger partial charge is 0.254 e. The Hall–Kier alpha value is -1.84. The van der Waals surface area contributed by atoms with Crippen LogP contribution in [0.3, 0.4) is 0 Å². The van der Waals surface area contributed by atoms with Crippen LogP contribution in [0.1, 0.15) is 74.1 Å². The average Bonchev–Trinajstić information content (AvgIpc) is 3.08. The third-order valence-electron chi connectivity index (χ3n) is 5.73. The fraction of sp³-hybridized carbons (Fsp3) is 0.600. The van der Waals surface area contributed by atoms with Gasteiger partial charge in [-0.05, 0) is 71.6 Å². The third kappa shape index (κ3) is 2.94. The van der Waals surface area contributed by atoms with Gasteiger partial charge in [-0.15, -0.1) is 0 Å². The molecule has 0 saturated carbocycles. The molecule has 4 heteroatoms. The van der Waals surface area contributed by atoms with Crippen molar-refractivity contribution in [3.63, 3.8) is 0 Å². The molecule has 1 aromatic carbocycles. The largest absolute Gasteiger partial charge is 0.333 e. The van der Waals surface area contributed by atoms with E-state index in [2.05, 4.69) is 27.7 Å². The molecular formula is C20H28N2O2. The van der Waals surface area contributed by atoms with Crippen LogP contribution in [0.4, 0.5) is 0 Å². The van der Waals surface area contributed by atoms with Gasteiger partial charge in [-0.1, -0.05) is 6.07 Å². The predicted molar refractivity (Wildman–Crippen MR) is 95.1 cm³/mol. The fourth-order valence-electron chi connectivity index (χ4n) is 4.27. The Kier molecular flexibility index (Phi) is 4.66. The van der Waals surface area contributed by atoms with Gasteiger partial charge in [0.1, 0.15) is 0 Å². The molecule has 0 N–H and O–H groups in total. The lowest BCUT2D eigenvalue weighted by molar-refractivity contribution is 0.0692. The molecule has 0 bridgehead atoms. The van der Waals surface area contributed by atoms with Crippen LogP contribution in [0, 0.1) is 0 Å². The van der Waals surface area contributed by atoms with Crippen molar-refractivity contribution in [1.82, 2.24) is 9.80 Å². The predicted octanol–water partition coefficient (Wildman–Crippen LogP) is 3.71. The Bertz CT molecular complexity index is 571. The molecule has 4 unspecified atom stereocenters. The normalized spacial score (nSPS) is 30.0. The maximum Gasteiger partial charge on any atom is 0.254 e. The maximum absolute atomic E-state index is 12.9. The first kappa shape index (κ1) is 17.0. The van der Waals surface area contributed by atoms with Crippen LogP contribution >= 0.6 is 0 Å². The molecule has 0 radical (unpaired) electrons. The number of likely N-dealkylation sites (tertiary alicyclic amines) is 2. The van der Waals surface area contributed by atoms with E-state index in [1.807, 2.05) is 28.0 Å². The highest BCUT2D eigenvalue weighted by Gasteiger charge is 2.34. The molecule has 4 nitrogen and oxygen atoms in total. The highest BCUT2D eigenvalue weighted by Crippen LogP contribution is 2.28. The summed E-state index contributed by atoms with van der Waals surface area (Å²) in [6.07, 6.45) is 4.20. The molecule has 4 atom stereocenters. The van der Waals surface area contributed by atoms with Crippen molar-refractivity contribution in [2.75, 3.05) is 0 Å². The van der Waals surface area contributed by atoms with E-state index in [-0.39, 0.29) is 36.0 Å². The van der Waals surface area contributed by atoms with Crippen LogP contribution in [-0.2, 0) is 0 Å². The minimum Gasteiger partial charge on any atom is -0.333 e. The van der Waals surface area contributed by atoms with Gasteiger partial charge in [0.05, 0.1) is 0 Å². The molecule has 0 aliphatic carbocycles. The maximum atomic E-state index is 12.9. The average molecular weight is 328 g/mol. The number of nitrogens with zero attached hydrogens (tertiary/aromatic N) is 2. The number of hydrogen-bond acceptors (Lipinski definition) is 2. The lowest BCUT2D eigenvalue weighted by Crippen LogP contribution is -2.39. The summed E-state index contributed by atoms with van der Waals surface area (Å²) in [5, 5.41) is 0. The number of amides is 2. The van der Waals surface area contributed by atoms with Gasteiger partial charge in [0.15, 0.2) is 0 Å². The molecule has 2 heterocycles. The van der Waals surface area contributed by atoms with Crippen LogP contribution in [-0.4, -0.2) is 45.8 Å². The van der Waals surface area contributed by atoms with E-state index >= 15 is 0 Å².